The fourth-order valence-electron chi connectivity index (χ4n) is 4.20. The molecular weight excluding hydrogens is 541 g/mol. The van der Waals surface area contributed by atoms with Gasteiger partial charge >= 0.3 is 0 Å². The first-order chi connectivity index (χ1) is 18.9. The highest BCUT2D eigenvalue weighted by Gasteiger charge is 2.27. The van der Waals surface area contributed by atoms with Crippen LogP contribution in [0.15, 0.2) is 76.7 Å². The number of amides is 1. The summed E-state index contributed by atoms with van der Waals surface area (Å²) in [6.45, 7) is 12.9. The number of carbonyl (C=O) groups excluding carboxylic acids is 1. The molecule has 0 saturated heterocycles. The Kier molecular flexibility index (Phi) is 9.18. The van der Waals surface area contributed by atoms with Gasteiger partial charge in [-0.3, -0.25) is 4.79 Å². The summed E-state index contributed by atoms with van der Waals surface area (Å²) in [6.07, 6.45) is 1.63. The zero-order valence-corrected chi connectivity index (χ0v) is 25.5. The highest BCUT2D eigenvalue weighted by atomic mass is 32.2. The molecule has 0 bridgehead atoms. The molecule has 0 fully saturated rings. The monoisotopic (exact) mass is 576 g/mol. The molecule has 4 rings (SSSR count). The summed E-state index contributed by atoms with van der Waals surface area (Å²) in [7, 11) is -3.71. The van der Waals surface area contributed by atoms with E-state index in [2.05, 4.69) is 10.1 Å². The van der Waals surface area contributed by atoms with Gasteiger partial charge in [0, 0.05) is 18.7 Å². The van der Waals surface area contributed by atoms with Crippen LogP contribution in [0, 0.1) is 25.7 Å². The number of fused-ring (bicyclic) bond motifs is 1. The summed E-state index contributed by atoms with van der Waals surface area (Å²) in [5.74, 6) is -0.0249. The molecule has 0 aliphatic carbocycles. The first-order valence-corrected chi connectivity index (χ1v) is 15.6. The van der Waals surface area contributed by atoms with Crippen molar-refractivity contribution in [2.24, 2.45) is 16.9 Å². The van der Waals surface area contributed by atoms with E-state index in [0.29, 0.717) is 23.8 Å². The predicted molar refractivity (Wildman–Crippen MR) is 165 cm³/mol. The van der Waals surface area contributed by atoms with Gasteiger partial charge in [0.25, 0.3) is 5.91 Å². The number of rotatable bonds is 10. The summed E-state index contributed by atoms with van der Waals surface area (Å²) in [4.78, 5) is 18.6. The van der Waals surface area contributed by atoms with Crippen molar-refractivity contribution in [2.45, 2.75) is 46.4 Å². The number of nitrogens with zero attached hydrogens (tertiary/aromatic N) is 4. The van der Waals surface area contributed by atoms with Crippen LogP contribution in [0.3, 0.4) is 0 Å². The van der Waals surface area contributed by atoms with E-state index in [-0.39, 0.29) is 16.7 Å². The molecule has 9 heteroatoms. The van der Waals surface area contributed by atoms with E-state index in [0.717, 1.165) is 26.9 Å². The maximum absolute atomic E-state index is 13.8. The van der Waals surface area contributed by atoms with Gasteiger partial charge in [-0.1, -0.05) is 74.9 Å². The van der Waals surface area contributed by atoms with Crippen molar-refractivity contribution in [3.05, 3.63) is 89.0 Å². The van der Waals surface area contributed by atoms with Crippen LogP contribution in [0.4, 0.5) is 5.13 Å². The van der Waals surface area contributed by atoms with E-state index in [4.69, 9.17) is 0 Å². The van der Waals surface area contributed by atoms with Gasteiger partial charge in [0.2, 0.25) is 15.2 Å². The van der Waals surface area contributed by atoms with Gasteiger partial charge in [0.05, 0.1) is 21.3 Å². The number of aryl methyl sites for hydroxylation is 2. The molecular formula is C31H36N4O3S2. The molecule has 3 aromatic carbocycles. The predicted octanol–water partition coefficient (Wildman–Crippen LogP) is 6.90. The molecule has 0 unspecified atom stereocenters. The average Bonchev–Trinajstić information content (AvgIpc) is 3.31. The number of carbonyl (C=O) groups is 1. The van der Waals surface area contributed by atoms with Crippen molar-refractivity contribution >= 4 is 48.8 Å². The fourth-order valence-corrected chi connectivity index (χ4v) is 6.99. The smallest absolute Gasteiger partial charge is 0.267 e. The minimum absolute atomic E-state index is 0.163. The molecule has 0 saturated carbocycles. The molecule has 1 heterocycles. The third-order valence-electron chi connectivity index (χ3n) is 6.18. The number of hydrazone groups is 1. The molecule has 40 heavy (non-hydrogen) atoms. The summed E-state index contributed by atoms with van der Waals surface area (Å²) in [5.41, 5.74) is 4.17. The maximum Gasteiger partial charge on any atom is 0.280 e. The topological polar surface area (TPSA) is 82.9 Å². The Hall–Kier alpha value is -3.40. The molecule has 210 valence electrons. The van der Waals surface area contributed by atoms with Crippen LogP contribution in [0.5, 0.6) is 0 Å². The zero-order chi connectivity index (χ0) is 29.0. The normalized spacial score (nSPS) is 12.3. The van der Waals surface area contributed by atoms with Gasteiger partial charge in [-0.25, -0.2) is 13.4 Å². The second-order valence-electron chi connectivity index (χ2n) is 10.9. The van der Waals surface area contributed by atoms with Crippen molar-refractivity contribution < 1.29 is 13.2 Å². The van der Waals surface area contributed by atoms with E-state index in [1.165, 1.54) is 32.8 Å². The van der Waals surface area contributed by atoms with E-state index in [1.54, 1.807) is 18.3 Å². The lowest BCUT2D eigenvalue weighted by molar-refractivity contribution is 0.0987. The minimum Gasteiger partial charge on any atom is -0.267 e. The van der Waals surface area contributed by atoms with Crippen molar-refractivity contribution in [3.63, 3.8) is 0 Å². The van der Waals surface area contributed by atoms with Crippen molar-refractivity contribution in [2.75, 3.05) is 18.1 Å². The summed E-state index contributed by atoms with van der Waals surface area (Å²) in [6, 6.07) is 19.9. The number of hydrogen-bond acceptors (Lipinski definition) is 6. The Labute approximate surface area is 241 Å². The van der Waals surface area contributed by atoms with E-state index in [1.807, 2.05) is 84.0 Å². The quantitative estimate of drug-likeness (QED) is 0.152. The number of sulfonamides is 1. The first kappa shape index (κ1) is 29.6. The second-order valence-corrected chi connectivity index (χ2v) is 13.8. The van der Waals surface area contributed by atoms with Gasteiger partial charge in [-0.2, -0.15) is 14.4 Å². The molecule has 1 aromatic heterocycles. The Morgan fingerprint density at radius 3 is 2.10 bits per heavy atom. The second kappa shape index (κ2) is 12.4. The van der Waals surface area contributed by atoms with Gasteiger partial charge in [-0.05, 0) is 73.2 Å². The van der Waals surface area contributed by atoms with Crippen LogP contribution in [-0.2, 0) is 10.0 Å². The number of aromatic nitrogens is 1. The summed E-state index contributed by atoms with van der Waals surface area (Å²) >= 11 is 1.38. The Morgan fingerprint density at radius 2 is 1.50 bits per heavy atom. The molecule has 7 nitrogen and oxygen atoms in total. The van der Waals surface area contributed by atoms with Crippen LogP contribution < -0.4 is 5.01 Å². The lowest BCUT2D eigenvalue weighted by Crippen LogP contribution is -2.37. The minimum atomic E-state index is -3.71. The summed E-state index contributed by atoms with van der Waals surface area (Å²) < 4.78 is 29.4. The zero-order valence-electron chi connectivity index (χ0n) is 23.8. The van der Waals surface area contributed by atoms with Gasteiger partial charge in [-0.15, -0.1) is 0 Å². The molecule has 0 spiro atoms. The number of thiazole rings is 1. The molecule has 0 aliphatic heterocycles. The Morgan fingerprint density at radius 1 is 0.900 bits per heavy atom. The van der Waals surface area contributed by atoms with Crippen molar-refractivity contribution in [1.82, 2.24) is 9.29 Å². The number of benzene rings is 3. The lowest BCUT2D eigenvalue weighted by Gasteiger charge is -2.25. The highest BCUT2D eigenvalue weighted by molar-refractivity contribution is 7.89. The largest absolute Gasteiger partial charge is 0.280 e. The molecule has 4 aromatic rings. The van der Waals surface area contributed by atoms with E-state index < -0.39 is 15.9 Å². The molecule has 0 atom stereocenters. The van der Waals surface area contributed by atoms with E-state index in [9.17, 15) is 13.2 Å². The van der Waals surface area contributed by atoms with Gasteiger partial charge in [0.1, 0.15) is 0 Å². The van der Waals surface area contributed by atoms with Gasteiger partial charge in [0.15, 0.2) is 0 Å². The molecule has 1 amide bonds. The van der Waals surface area contributed by atoms with Crippen LogP contribution in [0.1, 0.15) is 54.7 Å². The fraction of sp³-hybridized carbons (Fsp3) is 0.323. The first-order valence-electron chi connectivity index (χ1n) is 13.4. The maximum atomic E-state index is 13.8. The standard InChI is InChI=1S/C31H36N4O3S2/c1-21(2)19-34(20-22(3)4)40(37,38)27-14-12-26(13-15-27)30(36)35(32-18-25-10-7-23(5)8-11-25)31-33-28-16-9-24(6)17-29(28)39-31/h7-18,21-22H,19-20H2,1-6H3/b32-18+. The molecule has 0 N–H and O–H groups in total. The number of anilines is 1. The third-order valence-corrected chi connectivity index (χ3v) is 9.02. The molecule has 0 radical (unpaired) electrons. The lowest BCUT2D eigenvalue weighted by atomic mass is 10.2. The third kappa shape index (κ3) is 7.02. The van der Waals surface area contributed by atoms with Crippen LogP contribution in [0.25, 0.3) is 10.2 Å². The Bertz CT molecular complexity index is 1600. The van der Waals surface area contributed by atoms with Crippen LogP contribution in [0.2, 0.25) is 0 Å². The summed E-state index contributed by atoms with van der Waals surface area (Å²) in [5, 5.41) is 6.25. The van der Waals surface area contributed by atoms with Gasteiger partial charge < -0.3 is 0 Å². The van der Waals surface area contributed by atoms with E-state index >= 15 is 0 Å². The van der Waals surface area contributed by atoms with Crippen molar-refractivity contribution in [1.29, 1.82) is 0 Å². The highest BCUT2D eigenvalue weighted by Crippen LogP contribution is 2.31. The Balaban J connectivity index is 1.68. The molecule has 0 aliphatic rings. The average molecular weight is 577 g/mol. The van der Waals surface area contributed by atoms with Crippen LogP contribution in [-0.4, -0.2) is 42.9 Å². The van der Waals surface area contributed by atoms with Crippen LogP contribution >= 0.6 is 11.3 Å². The SMILES string of the molecule is Cc1ccc(/C=N/N(C(=O)c2ccc(S(=O)(=O)N(CC(C)C)CC(C)C)cc2)c2nc3ccc(C)cc3s2)cc1. The van der Waals surface area contributed by atoms with Crippen molar-refractivity contribution in [3.8, 4) is 0 Å². The number of hydrogen-bond donors (Lipinski definition) is 0.